The van der Waals surface area contributed by atoms with E-state index in [1.807, 2.05) is 78.9 Å². The number of nitrogens with two attached hydrogens (primary N) is 1. The van der Waals surface area contributed by atoms with Gasteiger partial charge in [0.2, 0.25) is 11.8 Å². The molecule has 1 aliphatic carbocycles. The van der Waals surface area contributed by atoms with E-state index in [0.717, 1.165) is 52.8 Å². The molecule has 8 heteroatoms. The van der Waals surface area contributed by atoms with Crippen LogP contribution in [-0.4, -0.2) is 17.7 Å². The Labute approximate surface area is 285 Å². The van der Waals surface area contributed by atoms with Crippen LogP contribution < -0.4 is 16.0 Å². The molecular weight excluding hydrogens is 629 g/mol. The van der Waals surface area contributed by atoms with Crippen LogP contribution >= 0.6 is 23.2 Å². The smallest absolute Gasteiger partial charge is 0.254 e. The molecule has 0 bridgehead atoms. The van der Waals surface area contributed by atoms with Crippen LogP contribution in [0.1, 0.15) is 49.3 Å². The van der Waals surface area contributed by atoms with Crippen LogP contribution in [0.5, 0.6) is 0 Å². The van der Waals surface area contributed by atoms with E-state index < -0.39 is 23.8 Å². The van der Waals surface area contributed by atoms with Gasteiger partial charge in [-0.05, 0) is 65.3 Å². The van der Waals surface area contributed by atoms with E-state index in [2.05, 4.69) is 11.9 Å². The zero-order valence-corrected chi connectivity index (χ0v) is 27.5. The van der Waals surface area contributed by atoms with Crippen LogP contribution in [0.2, 0.25) is 10.0 Å². The minimum atomic E-state index is -0.985. The molecule has 1 aliphatic heterocycles. The molecule has 3 atom stereocenters. The number of para-hydroxylation sites is 1. The molecule has 0 radical (unpaired) electrons. The summed E-state index contributed by atoms with van der Waals surface area (Å²) in [4.78, 5) is 43.3. The van der Waals surface area contributed by atoms with Gasteiger partial charge in [-0.1, -0.05) is 115 Å². The maximum absolute atomic E-state index is 14.8. The molecular formula is C39H37Cl2N3O3. The third-order valence-electron chi connectivity index (χ3n) is 9.49. The molecule has 1 fully saturated rings. The predicted molar refractivity (Wildman–Crippen MR) is 189 cm³/mol. The lowest BCUT2D eigenvalue weighted by molar-refractivity contribution is -0.136. The van der Waals surface area contributed by atoms with Gasteiger partial charge >= 0.3 is 0 Å². The summed E-state index contributed by atoms with van der Waals surface area (Å²) in [5.74, 6) is -2.19. The van der Waals surface area contributed by atoms with Crippen LogP contribution in [0, 0.1) is 17.8 Å². The lowest BCUT2D eigenvalue weighted by Gasteiger charge is -2.33. The van der Waals surface area contributed by atoms with Crippen molar-refractivity contribution >= 4 is 46.6 Å². The summed E-state index contributed by atoms with van der Waals surface area (Å²) >= 11 is 12.7. The van der Waals surface area contributed by atoms with Gasteiger partial charge < -0.3 is 16.0 Å². The summed E-state index contributed by atoms with van der Waals surface area (Å²) < 4.78 is 0. The molecule has 0 spiro atoms. The van der Waals surface area contributed by atoms with E-state index in [1.165, 1.54) is 0 Å². The van der Waals surface area contributed by atoms with Crippen LogP contribution in [0.25, 0.3) is 22.3 Å². The largest absolute Gasteiger partial charge is 0.369 e. The molecule has 0 aromatic heterocycles. The first-order valence-corrected chi connectivity index (χ1v) is 16.8. The van der Waals surface area contributed by atoms with Crippen molar-refractivity contribution in [3.05, 3.63) is 125 Å². The fourth-order valence-electron chi connectivity index (χ4n) is 6.83. The van der Waals surface area contributed by atoms with E-state index in [9.17, 15) is 14.4 Å². The van der Waals surface area contributed by atoms with Crippen molar-refractivity contribution in [1.29, 1.82) is 0 Å². The number of hydrogen-bond acceptors (Lipinski definition) is 3. The van der Waals surface area contributed by atoms with Gasteiger partial charge in [-0.15, -0.1) is 6.58 Å². The zero-order valence-electron chi connectivity index (χ0n) is 26.0. The lowest BCUT2D eigenvalue weighted by Crippen LogP contribution is -2.47. The summed E-state index contributed by atoms with van der Waals surface area (Å²) in [5.41, 5.74) is 11.6. The second-order valence-electron chi connectivity index (χ2n) is 12.5. The number of anilines is 1. The highest BCUT2D eigenvalue weighted by Crippen LogP contribution is 2.42. The topological polar surface area (TPSA) is 92.5 Å². The Kier molecular flexibility index (Phi) is 9.81. The number of nitrogens with zero attached hydrogens (tertiary/aromatic N) is 1. The maximum atomic E-state index is 14.8. The minimum absolute atomic E-state index is 0.251. The molecule has 4 aromatic rings. The van der Waals surface area contributed by atoms with Crippen molar-refractivity contribution in [1.82, 2.24) is 5.32 Å². The summed E-state index contributed by atoms with van der Waals surface area (Å²) in [6.07, 6.45) is 5.59. The number of primary amides is 1. The van der Waals surface area contributed by atoms with Crippen molar-refractivity contribution < 1.29 is 14.4 Å². The second kappa shape index (κ2) is 14.2. The molecule has 47 heavy (non-hydrogen) atoms. The molecule has 2 aliphatic rings. The van der Waals surface area contributed by atoms with E-state index >= 15 is 0 Å². The molecule has 0 saturated heterocycles. The molecule has 3 N–H and O–H groups in total. The first-order valence-electron chi connectivity index (χ1n) is 16.0. The Balaban J connectivity index is 1.39. The fraction of sp³-hybridized carbons (Fsp3) is 0.256. The quantitative estimate of drug-likeness (QED) is 0.157. The number of halogens is 2. The number of fused-ring (bicyclic) bond motifs is 3. The van der Waals surface area contributed by atoms with Crippen molar-refractivity contribution in [2.24, 2.45) is 23.5 Å². The van der Waals surface area contributed by atoms with Crippen molar-refractivity contribution in [2.45, 2.75) is 44.7 Å². The Bertz CT molecular complexity index is 1840. The summed E-state index contributed by atoms with van der Waals surface area (Å²) in [5, 5.41) is 4.20. The van der Waals surface area contributed by atoms with Crippen LogP contribution in [0.4, 0.5) is 5.69 Å². The Morgan fingerprint density at radius 1 is 0.915 bits per heavy atom. The Morgan fingerprint density at radius 2 is 1.66 bits per heavy atom. The lowest BCUT2D eigenvalue weighted by atomic mass is 9.74. The van der Waals surface area contributed by atoms with Gasteiger partial charge in [0, 0.05) is 21.2 Å². The first-order chi connectivity index (χ1) is 22.7. The highest BCUT2D eigenvalue weighted by molar-refractivity contribution is 6.36. The van der Waals surface area contributed by atoms with Crippen LogP contribution in [-0.2, 0) is 20.9 Å². The van der Waals surface area contributed by atoms with Gasteiger partial charge in [-0.25, -0.2) is 0 Å². The van der Waals surface area contributed by atoms with Gasteiger partial charge in [-0.3, -0.25) is 14.4 Å². The number of rotatable bonds is 11. The van der Waals surface area contributed by atoms with Gasteiger partial charge in [0.05, 0.1) is 24.1 Å². The molecule has 1 heterocycles. The second-order valence-corrected chi connectivity index (χ2v) is 13.3. The van der Waals surface area contributed by atoms with Gasteiger partial charge in [0.15, 0.2) is 0 Å². The van der Waals surface area contributed by atoms with Gasteiger partial charge in [0.25, 0.3) is 5.91 Å². The number of allylic oxidation sites excluding steroid dienone is 1. The van der Waals surface area contributed by atoms with Crippen molar-refractivity contribution in [3.8, 4) is 22.3 Å². The number of nitrogens with one attached hydrogen (secondary N) is 1. The van der Waals surface area contributed by atoms with Gasteiger partial charge in [-0.2, -0.15) is 0 Å². The SMILES string of the molecule is C=CCC(C(N)=O)C(CC1CCC1)C(=O)NC1C(=O)N(Cc2cccc(-c3ccc(Cl)cc3Cl)c2)c2ccccc2-c2ccccc21. The molecule has 6 rings (SSSR count). The Morgan fingerprint density at radius 3 is 2.36 bits per heavy atom. The van der Waals surface area contributed by atoms with E-state index in [0.29, 0.717) is 34.4 Å². The minimum Gasteiger partial charge on any atom is -0.369 e. The number of carbonyl (C=O) groups is 3. The average molecular weight is 667 g/mol. The van der Waals surface area contributed by atoms with Gasteiger partial charge in [0.1, 0.15) is 6.04 Å². The highest BCUT2D eigenvalue weighted by atomic mass is 35.5. The molecule has 4 aromatic carbocycles. The summed E-state index contributed by atoms with van der Waals surface area (Å²) in [6, 6.07) is 27.7. The van der Waals surface area contributed by atoms with E-state index in [4.69, 9.17) is 28.9 Å². The highest BCUT2D eigenvalue weighted by Gasteiger charge is 2.40. The van der Waals surface area contributed by atoms with E-state index in [1.54, 1.807) is 23.1 Å². The normalized spacial score (nSPS) is 17.0. The third-order valence-corrected chi connectivity index (χ3v) is 10.0. The van der Waals surface area contributed by atoms with E-state index in [-0.39, 0.29) is 18.4 Å². The summed E-state index contributed by atoms with van der Waals surface area (Å²) in [7, 11) is 0. The first kappa shape index (κ1) is 32.5. The molecule has 3 amide bonds. The molecule has 240 valence electrons. The number of benzene rings is 4. The number of hydrogen-bond donors (Lipinski definition) is 2. The zero-order chi connectivity index (χ0) is 33.1. The van der Waals surface area contributed by atoms with Crippen molar-refractivity contribution in [3.63, 3.8) is 0 Å². The third kappa shape index (κ3) is 6.85. The Hall–Kier alpha value is -4.39. The number of amides is 3. The van der Waals surface area contributed by atoms with Crippen LogP contribution in [0.3, 0.4) is 0 Å². The standard InChI is InChI=1S/C39H37Cl2N3O3/c1-2-9-32(37(42)45)33(21-24-10-7-11-24)38(46)43-36-31-16-4-3-14-29(31)30-15-5-6-17-35(30)44(39(36)47)23-25-12-8-13-26(20-25)28-19-18-27(40)22-34(28)41/h2-6,8,12-20,22,24,32-33,36H,1,7,9-11,21,23H2,(H2,42,45)(H,43,46). The molecule has 6 nitrogen and oxygen atoms in total. The summed E-state index contributed by atoms with van der Waals surface area (Å²) in [6.45, 7) is 4.05. The fourth-order valence-corrected chi connectivity index (χ4v) is 7.35. The molecule has 3 unspecified atom stereocenters. The predicted octanol–water partition coefficient (Wildman–Crippen LogP) is 8.52. The monoisotopic (exact) mass is 665 g/mol. The van der Waals surface area contributed by atoms with Crippen LogP contribution in [0.15, 0.2) is 104 Å². The number of carbonyl (C=O) groups excluding carboxylic acids is 3. The molecule has 1 saturated carbocycles. The maximum Gasteiger partial charge on any atom is 0.254 e. The van der Waals surface area contributed by atoms with Crippen molar-refractivity contribution in [2.75, 3.05) is 4.90 Å². The average Bonchev–Trinajstić information content (AvgIpc) is 3.13.